The highest BCUT2D eigenvalue weighted by molar-refractivity contribution is 7.92. The quantitative estimate of drug-likeness (QED) is 0.857. The number of hydrogen-bond acceptors (Lipinski definition) is 3. The summed E-state index contributed by atoms with van der Waals surface area (Å²) in [6.45, 7) is 1.55. The van der Waals surface area contributed by atoms with Crippen molar-refractivity contribution in [2.75, 3.05) is 17.6 Å². The molecule has 6 heteroatoms. The fourth-order valence-electron chi connectivity index (χ4n) is 1.59. The van der Waals surface area contributed by atoms with E-state index in [1.165, 1.54) is 7.05 Å². The van der Waals surface area contributed by atoms with E-state index in [-0.39, 0.29) is 5.91 Å². The van der Waals surface area contributed by atoms with E-state index >= 15 is 0 Å². The highest BCUT2D eigenvalue weighted by atomic mass is 32.2. The molecule has 0 aliphatic rings. The normalized spacial score (nSPS) is 12.9. The molecule has 5 nitrogen and oxygen atoms in total. The Morgan fingerprint density at radius 1 is 1.29 bits per heavy atom. The Morgan fingerprint density at radius 2 is 1.82 bits per heavy atom. The number of amides is 1. The number of anilines is 1. The molecule has 0 heterocycles. The van der Waals surface area contributed by atoms with Crippen LogP contribution in [0.2, 0.25) is 0 Å². The van der Waals surface area contributed by atoms with Gasteiger partial charge in [-0.25, -0.2) is 8.42 Å². The van der Waals surface area contributed by atoms with Crippen LogP contribution in [0.15, 0.2) is 30.3 Å². The second kappa shape index (κ2) is 5.18. The topological polar surface area (TPSA) is 66.5 Å². The lowest BCUT2D eigenvalue weighted by Crippen LogP contribution is -2.46. The van der Waals surface area contributed by atoms with Crippen LogP contribution in [0.25, 0.3) is 0 Å². The second-order valence-corrected chi connectivity index (χ2v) is 5.54. The molecule has 0 saturated heterocycles. The van der Waals surface area contributed by atoms with Gasteiger partial charge in [-0.05, 0) is 19.1 Å². The summed E-state index contributed by atoms with van der Waals surface area (Å²) in [6, 6.07) is 7.77. The van der Waals surface area contributed by atoms with E-state index in [2.05, 4.69) is 5.32 Å². The lowest BCUT2D eigenvalue weighted by Gasteiger charge is -2.27. The smallest absolute Gasteiger partial charge is 0.243 e. The average Bonchev–Trinajstić information content (AvgIpc) is 2.27. The molecule has 0 aliphatic heterocycles. The molecule has 1 aromatic rings. The number of likely N-dealkylation sites (N-methyl/N-ethyl adjacent to an activating group) is 1. The average molecular weight is 256 g/mol. The molecule has 17 heavy (non-hydrogen) atoms. The summed E-state index contributed by atoms with van der Waals surface area (Å²) in [5, 5.41) is 2.44. The van der Waals surface area contributed by atoms with Crippen molar-refractivity contribution in [2.45, 2.75) is 13.0 Å². The molecule has 0 aromatic heterocycles. The van der Waals surface area contributed by atoms with Crippen molar-refractivity contribution < 1.29 is 13.2 Å². The molecule has 1 atom stereocenters. The van der Waals surface area contributed by atoms with Crippen LogP contribution in [0, 0.1) is 0 Å². The van der Waals surface area contributed by atoms with E-state index < -0.39 is 16.1 Å². The van der Waals surface area contributed by atoms with Crippen molar-refractivity contribution in [2.24, 2.45) is 0 Å². The number of nitrogens with zero attached hydrogens (tertiary/aromatic N) is 1. The van der Waals surface area contributed by atoms with E-state index in [4.69, 9.17) is 0 Å². The number of para-hydroxylation sites is 1. The lowest BCUT2D eigenvalue weighted by molar-refractivity contribution is -0.121. The number of hydrogen-bond donors (Lipinski definition) is 1. The third kappa shape index (κ3) is 3.20. The van der Waals surface area contributed by atoms with Gasteiger partial charge in [-0.2, -0.15) is 0 Å². The van der Waals surface area contributed by atoms with Crippen LogP contribution in [-0.2, 0) is 14.8 Å². The summed E-state index contributed by atoms with van der Waals surface area (Å²) in [4.78, 5) is 11.6. The molecule has 0 fully saturated rings. The third-order valence-corrected chi connectivity index (χ3v) is 3.59. The Kier molecular flexibility index (Phi) is 4.11. The first-order valence-electron chi connectivity index (χ1n) is 5.14. The molecule has 1 N–H and O–H groups in total. The Balaban J connectivity index is 3.20. The maximum absolute atomic E-state index is 11.7. The van der Waals surface area contributed by atoms with Gasteiger partial charge in [0.05, 0.1) is 11.9 Å². The van der Waals surface area contributed by atoms with Crippen LogP contribution in [0.5, 0.6) is 0 Å². The zero-order valence-electron chi connectivity index (χ0n) is 10.0. The van der Waals surface area contributed by atoms with Gasteiger partial charge in [-0.15, -0.1) is 0 Å². The molecule has 1 aromatic carbocycles. The maximum atomic E-state index is 11.7. The van der Waals surface area contributed by atoms with Gasteiger partial charge in [0.25, 0.3) is 0 Å². The number of carbonyl (C=O) groups is 1. The summed E-state index contributed by atoms with van der Waals surface area (Å²) in [7, 11) is -2.02. The van der Waals surface area contributed by atoms with Crippen LogP contribution >= 0.6 is 0 Å². The molecule has 0 bridgehead atoms. The highest BCUT2D eigenvalue weighted by Crippen LogP contribution is 2.19. The van der Waals surface area contributed by atoms with Crippen molar-refractivity contribution in [3.05, 3.63) is 30.3 Å². The van der Waals surface area contributed by atoms with Crippen LogP contribution in [0.4, 0.5) is 5.69 Å². The molecule has 1 rings (SSSR count). The molecular weight excluding hydrogens is 240 g/mol. The lowest BCUT2D eigenvalue weighted by atomic mass is 10.2. The molecule has 0 spiro atoms. The van der Waals surface area contributed by atoms with Crippen LogP contribution in [-0.4, -0.2) is 33.7 Å². The first-order valence-corrected chi connectivity index (χ1v) is 6.99. The fraction of sp³-hybridized carbons (Fsp3) is 0.364. The van der Waals surface area contributed by atoms with Gasteiger partial charge in [0.1, 0.15) is 6.04 Å². The zero-order valence-corrected chi connectivity index (χ0v) is 10.9. The fourth-order valence-corrected chi connectivity index (χ4v) is 2.77. The number of benzene rings is 1. The van der Waals surface area contributed by atoms with Gasteiger partial charge in [0, 0.05) is 7.05 Å². The minimum atomic E-state index is -3.50. The largest absolute Gasteiger partial charge is 0.357 e. The summed E-state index contributed by atoms with van der Waals surface area (Å²) < 4.78 is 24.6. The summed E-state index contributed by atoms with van der Waals surface area (Å²) >= 11 is 0. The van der Waals surface area contributed by atoms with E-state index in [1.54, 1.807) is 37.3 Å². The molecule has 1 amide bonds. The molecule has 0 saturated carbocycles. The number of carbonyl (C=O) groups excluding carboxylic acids is 1. The molecule has 94 valence electrons. The maximum Gasteiger partial charge on any atom is 0.243 e. The van der Waals surface area contributed by atoms with E-state index in [1.807, 2.05) is 0 Å². The van der Waals surface area contributed by atoms with Crippen LogP contribution in [0.1, 0.15) is 6.92 Å². The van der Waals surface area contributed by atoms with Crippen molar-refractivity contribution in [1.82, 2.24) is 5.32 Å². The predicted octanol–water partition coefficient (Wildman–Crippen LogP) is 0.587. The number of sulfonamides is 1. The van der Waals surface area contributed by atoms with Crippen molar-refractivity contribution >= 4 is 21.6 Å². The van der Waals surface area contributed by atoms with Crippen LogP contribution < -0.4 is 9.62 Å². The second-order valence-electron chi connectivity index (χ2n) is 3.68. The Labute approximate surface area is 101 Å². The molecule has 0 aliphatic carbocycles. The van der Waals surface area contributed by atoms with Crippen molar-refractivity contribution in [1.29, 1.82) is 0 Å². The Morgan fingerprint density at radius 3 is 2.24 bits per heavy atom. The summed E-state index contributed by atoms with van der Waals surface area (Å²) in [5.41, 5.74) is 0.478. The van der Waals surface area contributed by atoms with Crippen molar-refractivity contribution in [3.63, 3.8) is 0 Å². The van der Waals surface area contributed by atoms with Gasteiger partial charge in [-0.3, -0.25) is 9.10 Å². The molecular formula is C11H16N2O3S. The van der Waals surface area contributed by atoms with Crippen LogP contribution in [0.3, 0.4) is 0 Å². The zero-order chi connectivity index (χ0) is 13.1. The predicted molar refractivity (Wildman–Crippen MR) is 67.3 cm³/mol. The van der Waals surface area contributed by atoms with E-state index in [0.717, 1.165) is 10.6 Å². The first-order chi connectivity index (χ1) is 7.88. The minimum Gasteiger partial charge on any atom is -0.357 e. The first kappa shape index (κ1) is 13.5. The van der Waals surface area contributed by atoms with Gasteiger partial charge in [-0.1, -0.05) is 18.2 Å². The SMILES string of the molecule is CNC(=O)[C@@H](C)N(c1ccccc1)S(C)(=O)=O. The van der Waals surface area contributed by atoms with Crippen molar-refractivity contribution in [3.8, 4) is 0 Å². The van der Waals surface area contributed by atoms with E-state index in [0.29, 0.717) is 5.69 Å². The summed E-state index contributed by atoms with van der Waals surface area (Å²) in [6.07, 6.45) is 1.08. The Hall–Kier alpha value is -1.56. The molecule has 0 radical (unpaired) electrons. The van der Waals surface area contributed by atoms with Gasteiger partial charge < -0.3 is 5.32 Å². The monoisotopic (exact) mass is 256 g/mol. The minimum absolute atomic E-state index is 0.348. The number of rotatable bonds is 4. The molecule has 0 unspecified atom stereocenters. The van der Waals surface area contributed by atoms with Gasteiger partial charge in [0.2, 0.25) is 15.9 Å². The van der Waals surface area contributed by atoms with E-state index in [9.17, 15) is 13.2 Å². The highest BCUT2D eigenvalue weighted by Gasteiger charge is 2.27. The third-order valence-electron chi connectivity index (χ3n) is 2.35. The van der Waals surface area contributed by atoms with Gasteiger partial charge >= 0.3 is 0 Å². The standard InChI is InChI=1S/C11H16N2O3S/c1-9(11(14)12-2)13(17(3,15)16)10-7-5-4-6-8-10/h4-9H,1-3H3,(H,12,14)/t9-/m1/s1. The number of nitrogens with one attached hydrogen (secondary N) is 1. The Bertz CT molecular complexity index is 485. The van der Waals surface area contributed by atoms with Gasteiger partial charge in [0.15, 0.2) is 0 Å². The summed E-state index contributed by atoms with van der Waals surface area (Å²) in [5.74, 6) is -0.348.